The van der Waals surface area contributed by atoms with Gasteiger partial charge in [0.2, 0.25) is 0 Å². The lowest BCUT2D eigenvalue weighted by Crippen LogP contribution is -2.38. The summed E-state index contributed by atoms with van der Waals surface area (Å²) in [6.45, 7) is 0.302. The van der Waals surface area contributed by atoms with Gasteiger partial charge in [-0.15, -0.1) is 0 Å². The highest BCUT2D eigenvalue weighted by atomic mass is 16.5. The Balaban J connectivity index is 1.31. The molecule has 4 aromatic rings. The van der Waals surface area contributed by atoms with Crippen molar-refractivity contribution in [3.63, 3.8) is 0 Å². The first-order chi connectivity index (χ1) is 14.7. The molecule has 0 spiro atoms. The molecule has 1 aliphatic rings. The summed E-state index contributed by atoms with van der Waals surface area (Å²) in [6, 6.07) is 12.4. The molecule has 3 heterocycles. The van der Waals surface area contributed by atoms with Crippen molar-refractivity contribution in [1.82, 2.24) is 15.0 Å². The number of fused-ring (bicyclic) bond motifs is 2. The van der Waals surface area contributed by atoms with Crippen molar-refractivity contribution >= 4 is 39.9 Å². The van der Waals surface area contributed by atoms with Gasteiger partial charge in [0.15, 0.2) is 6.61 Å². The molecule has 0 unspecified atom stereocenters. The van der Waals surface area contributed by atoms with Crippen LogP contribution >= 0.6 is 0 Å². The van der Waals surface area contributed by atoms with Crippen LogP contribution in [0.3, 0.4) is 0 Å². The first-order valence-electron chi connectivity index (χ1n) is 9.35. The molecule has 2 aromatic carbocycles. The molecule has 9 nitrogen and oxygen atoms in total. The number of carbonyl (C=O) groups excluding carboxylic acids is 2. The summed E-state index contributed by atoms with van der Waals surface area (Å²) in [5.41, 5.74) is 3.63. The van der Waals surface area contributed by atoms with Crippen molar-refractivity contribution < 1.29 is 14.3 Å². The predicted molar refractivity (Wildman–Crippen MR) is 113 cm³/mol. The molecular weight excluding hydrogens is 384 g/mol. The Morgan fingerprint density at radius 1 is 1.10 bits per heavy atom. The number of nitrogens with zero attached hydrogens (tertiary/aromatic N) is 2. The zero-order chi connectivity index (χ0) is 20.5. The molecule has 5 rings (SSSR count). The molecule has 0 saturated heterocycles. The second-order valence-corrected chi connectivity index (χ2v) is 6.89. The van der Waals surface area contributed by atoms with Crippen molar-refractivity contribution in [2.45, 2.75) is 6.54 Å². The molecule has 0 saturated carbocycles. The smallest absolute Gasteiger partial charge is 0.323 e. The van der Waals surface area contributed by atoms with E-state index >= 15 is 0 Å². The maximum atomic E-state index is 12.4. The fourth-order valence-electron chi connectivity index (χ4n) is 3.42. The van der Waals surface area contributed by atoms with E-state index in [-0.39, 0.29) is 18.5 Å². The van der Waals surface area contributed by atoms with Gasteiger partial charge in [0, 0.05) is 35.4 Å². The number of aromatic nitrogens is 3. The van der Waals surface area contributed by atoms with Gasteiger partial charge in [0.1, 0.15) is 5.75 Å². The zero-order valence-electron chi connectivity index (χ0n) is 15.8. The average molecular weight is 402 g/mol. The Hall–Kier alpha value is -4.27. The van der Waals surface area contributed by atoms with Crippen molar-refractivity contribution in [2.24, 2.45) is 0 Å². The Kier molecular flexibility index (Phi) is 4.32. The number of amides is 3. The molecule has 0 fully saturated rings. The molecule has 0 radical (unpaired) electrons. The number of ether oxygens (including phenoxy) is 1. The molecule has 0 aliphatic carbocycles. The molecule has 1 aliphatic heterocycles. The predicted octanol–water partition coefficient (Wildman–Crippen LogP) is 3.46. The normalized spacial score (nSPS) is 13.1. The quantitative estimate of drug-likeness (QED) is 0.418. The number of H-pyrrole nitrogens is 2. The van der Waals surface area contributed by atoms with Crippen LogP contribution in [0.1, 0.15) is 5.69 Å². The maximum absolute atomic E-state index is 12.4. The fraction of sp³-hybridized carbons (Fsp3) is 0.0952. The van der Waals surface area contributed by atoms with Crippen LogP contribution in [0.4, 0.5) is 21.9 Å². The summed E-state index contributed by atoms with van der Waals surface area (Å²) in [5.74, 6) is 0.384. The third-order valence-electron chi connectivity index (χ3n) is 4.86. The van der Waals surface area contributed by atoms with Crippen LogP contribution in [-0.4, -0.2) is 33.5 Å². The number of aromatic amines is 2. The second kappa shape index (κ2) is 7.28. The lowest BCUT2D eigenvalue weighted by molar-refractivity contribution is -0.121. The highest BCUT2D eigenvalue weighted by Crippen LogP contribution is 2.35. The summed E-state index contributed by atoms with van der Waals surface area (Å²) >= 11 is 0. The van der Waals surface area contributed by atoms with Crippen LogP contribution < -0.4 is 20.3 Å². The number of imidazole rings is 1. The van der Waals surface area contributed by atoms with Gasteiger partial charge >= 0.3 is 6.03 Å². The van der Waals surface area contributed by atoms with Gasteiger partial charge in [-0.2, -0.15) is 0 Å². The zero-order valence-corrected chi connectivity index (χ0v) is 15.8. The third-order valence-corrected chi connectivity index (χ3v) is 4.86. The monoisotopic (exact) mass is 402 g/mol. The molecule has 3 amide bonds. The minimum atomic E-state index is -0.373. The van der Waals surface area contributed by atoms with Crippen LogP contribution in [-0.2, 0) is 11.3 Å². The molecule has 2 aromatic heterocycles. The summed E-state index contributed by atoms with van der Waals surface area (Å²) in [4.78, 5) is 36.4. The van der Waals surface area contributed by atoms with E-state index in [1.165, 1.54) is 0 Å². The van der Waals surface area contributed by atoms with E-state index in [1.54, 1.807) is 35.6 Å². The van der Waals surface area contributed by atoms with Crippen LogP contribution in [0, 0.1) is 0 Å². The van der Waals surface area contributed by atoms with Gasteiger partial charge in [-0.1, -0.05) is 6.07 Å². The van der Waals surface area contributed by atoms with E-state index in [9.17, 15) is 9.59 Å². The number of benzene rings is 2. The van der Waals surface area contributed by atoms with Gasteiger partial charge in [-0.25, -0.2) is 9.78 Å². The molecule has 150 valence electrons. The largest absolute Gasteiger partial charge is 0.481 e. The maximum Gasteiger partial charge on any atom is 0.323 e. The minimum Gasteiger partial charge on any atom is -0.481 e. The topological polar surface area (TPSA) is 115 Å². The minimum absolute atomic E-state index is 0.0626. The van der Waals surface area contributed by atoms with E-state index in [4.69, 9.17) is 4.74 Å². The van der Waals surface area contributed by atoms with E-state index in [2.05, 4.69) is 25.6 Å². The third kappa shape index (κ3) is 3.44. The van der Waals surface area contributed by atoms with Crippen LogP contribution in [0.15, 0.2) is 61.2 Å². The van der Waals surface area contributed by atoms with E-state index < -0.39 is 0 Å². The lowest BCUT2D eigenvalue weighted by atomic mass is 10.2. The number of urea groups is 1. The van der Waals surface area contributed by atoms with Gasteiger partial charge in [0.25, 0.3) is 5.91 Å². The molecule has 30 heavy (non-hydrogen) atoms. The first kappa shape index (κ1) is 17.8. The average Bonchev–Trinajstić information content (AvgIpc) is 3.41. The van der Waals surface area contributed by atoms with Crippen molar-refractivity contribution in [2.75, 3.05) is 22.1 Å². The second-order valence-electron chi connectivity index (χ2n) is 6.89. The highest BCUT2D eigenvalue weighted by molar-refractivity contribution is 6.02. The number of hydrogen-bond acceptors (Lipinski definition) is 4. The van der Waals surface area contributed by atoms with Crippen molar-refractivity contribution in [3.05, 3.63) is 66.9 Å². The standard InChI is InChI=1S/C21H18N6O3/c28-20-11-30-19-8-15(3-4-18(19)27(20)10-16-9-22-12-24-16)26-21(29)25-14-2-1-13-5-6-23-17(13)7-14/h1-9,12,23H,10-11H2,(H,22,24)(H2,25,26,29). The Morgan fingerprint density at radius 3 is 2.77 bits per heavy atom. The molecular formula is C21H18N6O3. The molecule has 9 heteroatoms. The Bertz CT molecular complexity index is 1230. The van der Waals surface area contributed by atoms with Gasteiger partial charge in [0.05, 0.1) is 24.3 Å². The fourth-order valence-corrected chi connectivity index (χ4v) is 3.42. The number of carbonyl (C=O) groups is 2. The summed E-state index contributed by atoms with van der Waals surface area (Å²) < 4.78 is 5.57. The number of hydrogen-bond donors (Lipinski definition) is 4. The molecule has 4 N–H and O–H groups in total. The number of nitrogens with one attached hydrogen (secondary N) is 4. The van der Waals surface area contributed by atoms with E-state index in [0.717, 1.165) is 16.6 Å². The SMILES string of the molecule is O=C(Nc1ccc2c(c1)OCC(=O)N2Cc1cnc[nH]1)Nc1ccc2cc[nH]c2c1. The van der Waals surface area contributed by atoms with Crippen molar-refractivity contribution in [3.8, 4) is 5.75 Å². The summed E-state index contributed by atoms with van der Waals surface area (Å²) in [7, 11) is 0. The Morgan fingerprint density at radius 2 is 1.93 bits per heavy atom. The Labute approximate surface area is 171 Å². The summed E-state index contributed by atoms with van der Waals surface area (Å²) in [5, 5.41) is 6.68. The van der Waals surface area contributed by atoms with E-state index in [0.29, 0.717) is 29.4 Å². The number of anilines is 3. The van der Waals surface area contributed by atoms with Gasteiger partial charge in [-0.3, -0.25) is 9.69 Å². The van der Waals surface area contributed by atoms with Crippen molar-refractivity contribution in [1.29, 1.82) is 0 Å². The van der Waals surface area contributed by atoms with Crippen LogP contribution in [0.2, 0.25) is 0 Å². The molecule has 0 bridgehead atoms. The van der Waals surface area contributed by atoms with Crippen LogP contribution in [0.5, 0.6) is 5.75 Å². The van der Waals surface area contributed by atoms with Gasteiger partial charge < -0.3 is 25.3 Å². The van der Waals surface area contributed by atoms with Gasteiger partial charge in [-0.05, 0) is 35.7 Å². The van der Waals surface area contributed by atoms with E-state index in [1.807, 2.05) is 30.5 Å². The lowest BCUT2D eigenvalue weighted by Gasteiger charge is -2.29. The highest BCUT2D eigenvalue weighted by Gasteiger charge is 2.26. The number of rotatable bonds is 4. The summed E-state index contributed by atoms with van der Waals surface area (Å²) in [6.07, 6.45) is 5.09. The molecule has 0 atom stereocenters. The van der Waals surface area contributed by atoms with Crippen LogP contribution in [0.25, 0.3) is 10.9 Å². The first-order valence-corrected chi connectivity index (χ1v) is 9.35.